The van der Waals surface area contributed by atoms with Crippen molar-refractivity contribution in [1.29, 1.82) is 0 Å². The molecule has 0 aliphatic carbocycles. The highest BCUT2D eigenvalue weighted by Crippen LogP contribution is 2.31. The molecule has 0 spiro atoms. The summed E-state index contributed by atoms with van der Waals surface area (Å²) in [6, 6.07) is 4.37. The second-order valence-corrected chi connectivity index (χ2v) is 5.11. The molecule has 1 aromatic heterocycles. The van der Waals surface area contributed by atoms with E-state index >= 15 is 0 Å². The summed E-state index contributed by atoms with van der Waals surface area (Å²) in [4.78, 5) is 1.53. The van der Waals surface area contributed by atoms with Crippen molar-refractivity contribution in [3.8, 4) is 0 Å². The van der Waals surface area contributed by atoms with Gasteiger partial charge in [-0.2, -0.15) is 0 Å². The van der Waals surface area contributed by atoms with Crippen LogP contribution in [0.2, 0.25) is 0 Å². The summed E-state index contributed by atoms with van der Waals surface area (Å²) in [6.07, 6.45) is 3.99. The van der Waals surface area contributed by atoms with Crippen LogP contribution < -0.4 is 0 Å². The molecular weight excluding hydrogens is 267 g/mol. The highest BCUT2D eigenvalue weighted by atomic mass is 127. The summed E-state index contributed by atoms with van der Waals surface area (Å²) in [6.45, 7) is 2.25. The SMILES string of the molecule is CCCCC(I)c1cccs1. The second kappa shape index (κ2) is 5.14. The van der Waals surface area contributed by atoms with Gasteiger partial charge >= 0.3 is 0 Å². The van der Waals surface area contributed by atoms with Crippen molar-refractivity contribution in [2.45, 2.75) is 30.1 Å². The van der Waals surface area contributed by atoms with Gasteiger partial charge in [-0.3, -0.25) is 0 Å². The third-order valence-corrected chi connectivity index (χ3v) is 4.37. The van der Waals surface area contributed by atoms with Crippen LogP contribution in [0, 0.1) is 0 Å². The molecule has 0 amide bonds. The monoisotopic (exact) mass is 280 g/mol. The van der Waals surface area contributed by atoms with E-state index in [1.54, 1.807) is 0 Å². The largest absolute Gasteiger partial charge is 0.148 e. The van der Waals surface area contributed by atoms with Gasteiger partial charge in [-0.05, 0) is 17.9 Å². The van der Waals surface area contributed by atoms with Gasteiger partial charge in [0.05, 0.1) is 0 Å². The lowest BCUT2D eigenvalue weighted by molar-refractivity contribution is 0.725. The number of rotatable bonds is 4. The minimum Gasteiger partial charge on any atom is -0.148 e. The highest BCUT2D eigenvalue weighted by molar-refractivity contribution is 14.1. The maximum absolute atomic E-state index is 2.54. The van der Waals surface area contributed by atoms with E-state index in [0.717, 1.165) is 3.92 Å². The molecule has 0 fully saturated rings. The molecule has 1 unspecified atom stereocenters. The Balaban J connectivity index is 2.36. The van der Waals surface area contributed by atoms with Gasteiger partial charge in [0.15, 0.2) is 0 Å². The second-order valence-electron chi connectivity index (χ2n) is 2.63. The lowest BCUT2D eigenvalue weighted by Gasteiger charge is -2.04. The first-order valence-corrected chi connectivity index (χ1v) is 6.14. The van der Waals surface area contributed by atoms with Gasteiger partial charge in [-0.1, -0.05) is 48.4 Å². The van der Waals surface area contributed by atoms with Gasteiger partial charge < -0.3 is 0 Å². The molecule has 1 heterocycles. The standard InChI is InChI=1S/C9H13IS/c1-2-3-5-8(10)9-6-4-7-11-9/h4,6-8H,2-3,5H2,1H3. The average Bonchev–Trinajstić information content (AvgIpc) is 2.52. The van der Waals surface area contributed by atoms with Crippen LogP contribution >= 0.6 is 33.9 Å². The molecule has 0 radical (unpaired) electrons. The fourth-order valence-corrected chi connectivity index (χ4v) is 2.82. The molecule has 0 aliphatic heterocycles. The predicted octanol–water partition coefficient (Wildman–Crippen LogP) is 4.41. The summed E-state index contributed by atoms with van der Waals surface area (Å²) in [7, 11) is 0. The van der Waals surface area contributed by atoms with Gasteiger partial charge in [0, 0.05) is 8.80 Å². The van der Waals surface area contributed by atoms with Gasteiger partial charge in [-0.15, -0.1) is 11.3 Å². The molecule has 2 heteroatoms. The molecule has 0 saturated heterocycles. The third-order valence-electron chi connectivity index (χ3n) is 1.66. The quantitative estimate of drug-likeness (QED) is 0.566. The number of unbranched alkanes of at least 4 members (excludes halogenated alkanes) is 1. The van der Waals surface area contributed by atoms with Crippen LogP contribution in [0.4, 0.5) is 0 Å². The normalized spacial score (nSPS) is 13.3. The summed E-state index contributed by atoms with van der Waals surface area (Å²) in [5.41, 5.74) is 0. The molecule has 62 valence electrons. The number of thiophene rings is 1. The average molecular weight is 280 g/mol. The summed E-state index contributed by atoms with van der Waals surface area (Å²) >= 11 is 4.41. The zero-order chi connectivity index (χ0) is 8.10. The van der Waals surface area contributed by atoms with Crippen LogP contribution in [0.5, 0.6) is 0 Å². The van der Waals surface area contributed by atoms with E-state index in [4.69, 9.17) is 0 Å². The third kappa shape index (κ3) is 3.11. The Kier molecular flexibility index (Phi) is 4.45. The Labute approximate surface area is 86.2 Å². The van der Waals surface area contributed by atoms with Crippen LogP contribution in [-0.4, -0.2) is 0 Å². The molecule has 1 aromatic rings. The van der Waals surface area contributed by atoms with E-state index in [2.05, 4.69) is 47.0 Å². The maximum atomic E-state index is 2.54. The van der Waals surface area contributed by atoms with Crippen molar-refractivity contribution in [3.05, 3.63) is 22.4 Å². The Morgan fingerprint density at radius 3 is 3.00 bits per heavy atom. The van der Waals surface area contributed by atoms with Crippen molar-refractivity contribution < 1.29 is 0 Å². The molecule has 0 aromatic carbocycles. The lowest BCUT2D eigenvalue weighted by Crippen LogP contribution is -1.84. The van der Waals surface area contributed by atoms with Gasteiger partial charge in [0.25, 0.3) is 0 Å². The van der Waals surface area contributed by atoms with E-state index < -0.39 is 0 Å². The highest BCUT2D eigenvalue weighted by Gasteiger charge is 2.06. The van der Waals surface area contributed by atoms with E-state index in [0.29, 0.717) is 0 Å². The van der Waals surface area contributed by atoms with Crippen LogP contribution in [0.25, 0.3) is 0 Å². The minimum absolute atomic E-state index is 0.743. The molecule has 0 N–H and O–H groups in total. The lowest BCUT2D eigenvalue weighted by atomic mass is 10.2. The smallest absolute Gasteiger partial charge is 0.0453 e. The molecule has 0 bridgehead atoms. The topological polar surface area (TPSA) is 0 Å². The van der Waals surface area contributed by atoms with E-state index in [-0.39, 0.29) is 0 Å². The summed E-state index contributed by atoms with van der Waals surface area (Å²) < 4.78 is 0.743. The van der Waals surface area contributed by atoms with Crippen LogP contribution in [0.1, 0.15) is 35.0 Å². The van der Waals surface area contributed by atoms with Crippen molar-refractivity contribution in [1.82, 2.24) is 0 Å². The number of halogens is 1. The fraction of sp³-hybridized carbons (Fsp3) is 0.556. The minimum atomic E-state index is 0.743. The van der Waals surface area contributed by atoms with Gasteiger partial charge in [0.1, 0.15) is 0 Å². The van der Waals surface area contributed by atoms with Gasteiger partial charge in [-0.25, -0.2) is 0 Å². The predicted molar refractivity (Wildman–Crippen MR) is 60.6 cm³/mol. The Morgan fingerprint density at radius 2 is 2.45 bits per heavy atom. The molecule has 1 atom stereocenters. The van der Waals surface area contributed by atoms with Crippen molar-refractivity contribution in [3.63, 3.8) is 0 Å². The molecule has 0 aliphatic rings. The molecule has 0 nitrogen and oxygen atoms in total. The first-order chi connectivity index (χ1) is 5.34. The van der Waals surface area contributed by atoms with Crippen LogP contribution in [0.15, 0.2) is 17.5 Å². The van der Waals surface area contributed by atoms with E-state index in [1.165, 1.54) is 24.1 Å². The molecular formula is C9H13IS. The molecule has 11 heavy (non-hydrogen) atoms. The van der Waals surface area contributed by atoms with E-state index in [9.17, 15) is 0 Å². The van der Waals surface area contributed by atoms with Crippen LogP contribution in [0.3, 0.4) is 0 Å². The van der Waals surface area contributed by atoms with E-state index in [1.807, 2.05) is 11.3 Å². The van der Waals surface area contributed by atoms with Crippen molar-refractivity contribution >= 4 is 33.9 Å². The number of hydrogen-bond acceptors (Lipinski definition) is 1. The molecule has 0 saturated carbocycles. The fourth-order valence-electron chi connectivity index (χ4n) is 0.995. The number of alkyl halides is 1. The molecule has 1 rings (SSSR count). The Hall–Kier alpha value is 0.430. The first-order valence-electron chi connectivity index (χ1n) is 4.02. The summed E-state index contributed by atoms with van der Waals surface area (Å²) in [5, 5.41) is 2.16. The van der Waals surface area contributed by atoms with Crippen molar-refractivity contribution in [2.24, 2.45) is 0 Å². The maximum Gasteiger partial charge on any atom is 0.0453 e. The van der Waals surface area contributed by atoms with Gasteiger partial charge in [0.2, 0.25) is 0 Å². The number of hydrogen-bond donors (Lipinski definition) is 0. The Morgan fingerprint density at radius 1 is 1.64 bits per heavy atom. The first kappa shape index (κ1) is 9.52. The zero-order valence-electron chi connectivity index (χ0n) is 6.72. The summed E-state index contributed by atoms with van der Waals surface area (Å²) in [5.74, 6) is 0. The van der Waals surface area contributed by atoms with Crippen molar-refractivity contribution in [2.75, 3.05) is 0 Å². The zero-order valence-corrected chi connectivity index (χ0v) is 9.69. The Bertz CT molecular complexity index is 181. The van der Waals surface area contributed by atoms with Crippen LogP contribution in [-0.2, 0) is 0 Å².